The van der Waals surface area contributed by atoms with E-state index in [1.807, 2.05) is 6.92 Å². The molecule has 1 saturated heterocycles. The van der Waals surface area contributed by atoms with Gasteiger partial charge < -0.3 is 10.0 Å². The minimum absolute atomic E-state index is 0.132. The van der Waals surface area contributed by atoms with E-state index < -0.39 is 6.10 Å². The Labute approximate surface area is 106 Å². The first-order chi connectivity index (χ1) is 7.49. The number of nitrogens with zero attached hydrogens (tertiary/aromatic N) is 2. The highest BCUT2D eigenvalue weighted by Gasteiger charge is 2.30. The first-order valence-electron chi connectivity index (χ1n) is 4.80. The van der Waals surface area contributed by atoms with Crippen molar-refractivity contribution in [1.82, 2.24) is 4.98 Å². The summed E-state index contributed by atoms with van der Waals surface area (Å²) in [6.07, 6.45) is -0.481. The van der Waals surface area contributed by atoms with Crippen molar-refractivity contribution in [2.45, 2.75) is 19.4 Å². The number of hydrogen-bond donors (Lipinski definition) is 1. The number of pyridine rings is 1. The smallest absolute Gasteiger partial charge is 0.229 e. The maximum absolute atomic E-state index is 11.6. The molecule has 1 aromatic rings. The minimum atomic E-state index is -0.622. The van der Waals surface area contributed by atoms with E-state index in [4.69, 9.17) is 11.6 Å². The highest BCUT2D eigenvalue weighted by molar-refractivity contribution is 9.10. The van der Waals surface area contributed by atoms with Crippen LogP contribution in [0.1, 0.15) is 12.1 Å². The fraction of sp³-hybridized carbons (Fsp3) is 0.400. The van der Waals surface area contributed by atoms with Crippen molar-refractivity contribution in [3.05, 3.63) is 21.4 Å². The van der Waals surface area contributed by atoms with Crippen LogP contribution >= 0.6 is 27.5 Å². The monoisotopic (exact) mass is 304 g/mol. The quantitative estimate of drug-likeness (QED) is 0.806. The van der Waals surface area contributed by atoms with E-state index in [0.29, 0.717) is 5.69 Å². The standard InChI is InChI=1S/C10H10BrClN2O2/c1-5-7(11)3-8(10(12)13-5)14-4-6(15)2-9(14)16/h3,6,15H,2,4H2,1H3. The summed E-state index contributed by atoms with van der Waals surface area (Å²) in [4.78, 5) is 17.2. The summed E-state index contributed by atoms with van der Waals surface area (Å²) in [5, 5.41) is 9.69. The summed E-state index contributed by atoms with van der Waals surface area (Å²) in [6.45, 7) is 2.09. The Morgan fingerprint density at radius 2 is 2.38 bits per heavy atom. The topological polar surface area (TPSA) is 53.4 Å². The molecule has 1 aliphatic rings. The van der Waals surface area contributed by atoms with Gasteiger partial charge >= 0.3 is 0 Å². The first-order valence-corrected chi connectivity index (χ1v) is 5.97. The molecule has 0 spiro atoms. The zero-order chi connectivity index (χ0) is 11.9. The fourth-order valence-electron chi connectivity index (χ4n) is 1.65. The summed E-state index contributed by atoms with van der Waals surface area (Å²) >= 11 is 9.33. The highest BCUT2D eigenvalue weighted by Crippen LogP contribution is 2.31. The lowest BCUT2D eigenvalue weighted by atomic mass is 10.3. The van der Waals surface area contributed by atoms with E-state index in [-0.39, 0.29) is 24.0 Å². The lowest BCUT2D eigenvalue weighted by Gasteiger charge is -2.17. The first kappa shape index (κ1) is 11.8. The van der Waals surface area contributed by atoms with Crippen molar-refractivity contribution in [2.75, 3.05) is 11.4 Å². The molecule has 0 aliphatic carbocycles. The van der Waals surface area contributed by atoms with Crippen LogP contribution in [0.2, 0.25) is 5.15 Å². The molecule has 2 heterocycles. The van der Waals surface area contributed by atoms with Gasteiger partial charge in [-0.25, -0.2) is 4.98 Å². The summed E-state index contributed by atoms with van der Waals surface area (Å²) < 4.78 is 0.793. The van der Waals surface area contributed by atoms with Gasteiger partial charge in [0.15, 0.2) is 5.15 Å². The molecule has 1 atom stereocenters. The number of aromatic nitrogens is 1. The van der Waals surface area contributed by atoms with Gasteiger partial charge in [0.1, 0.15) is 0 Å². The van der Waals surface area contributed by atoms with Gasteiger partial charge in [-0.1, -0.05) is 11.6 Å². The van der Waals surface area contributed by atoms with E-state index in [1.54, 1.807) is 6.07 Å². The lowest BCUT2D eigenvalue weighted by molar-refractivity contribution is -0.117. The third-order valence-corrected chi connectivity index (χ3v) is 3.56. The third kappa shape index (κ3) is 2.07. The molecule has 1 aromatic heterocycles. The normalized spacial score (nSPS) is 20.6. The van der Waals surface area contributed by atoms with Gasteiger partial charge in [-0.2, -0.15) is 0 Å². The number of hydrogen-bond acceptors (Lipinski definition) is 3. The van der Waals surface area contributed by atoms with Crippen LogP contribution in [-0.4, -0.2) is 28.6 Å². The average Bonchev–Trinajstić information content (AvgIpc) is 2.51. The molecule has 2 rings (SSSR count). The van der Waals surface area contributed by atoms with Gasteiger partial charge in [-0.15, -0.1) is 0 Å². The molecule has 16 heavy (non-hydrogen) atoms. The Hall–Kier alpha value is -0.650. The van der Waals surface area contributed by atoms with Crippen molar-refractivity contribution >= 4 is 39.1 Å². The van der Waals surface area contributed by atoms with Crippen molar-refractivity contribution in [3.63, 3.8) is 0 Å². The van der Waals surface area contributed by atoms with E-state index >= 15 is 0 Å². The molecule has 1 unspecified atom stereocenters. The van der Waals surface area contributed by atoms with E-state index in [9.17, 15) is 9.90 Å². The number of halogens is 2. The minimum Gasteiger partial charge on any atom is -0.391 e. The second-order valence-corrected chi connectivity index (χ2v) is 4.94. The molecule has 1 N–H and O–H groups in total. The molecule has 1 amide bonds. The predicted octanol–water partition coefficient (Wildman–Crippen LogP) is 1.90. The maximum Gasteiger partial charge on any atom is 0.229 e. The summed E-state index contributed by atoms with van der Waals surface area (Å²) in [6, 6.07) is 1.75. The van der Waals surface area contributed by atoms with Crippen LogP contribution in [-0.2, 0) is 4.79 Å². The van der Waals surface area contributed by atoms with E-state index in [1.165, 1.54) is 4.90 Å². The fourth-order valence-corrected chi connectivity index (χ4v) is 2.24. The molecule has 0 radical (unpaired) electrons. The number of aliphatic hydroxyl groups is 1. The molecule has 1 aliphatic heterocycles. The number of anilines is 1. The van der Waals surface area contributed by atoms with Gasteiger partial charge in [0.2, 0.25) is 5.91 Å². The van der Waals surface area contributed by atoms with Gasteiger partial charge in [0.05, 0.1) is 30.5 Å². The van der Waals surface area contributed by atoms with Crippen molar-refractivity contribution in [3.8, 4) is 0 Å². The summed E-state index contributed by atoms with van der Waals surface area (Å²) in [5.41, 5.74) is 1.31. The Morgan fingerprint density at radius 3 is 2.94 bits per heavy atom. The Kier molecular flexibility index (Phi) is 3.19. The van der Waals surface area contributed by atoms with Crippen LogP contribution in [0.15, 0.2) is 10.5 Å². The van der Waals surface area contributed by atoms with Crippen LogP contribution < -0.4 is 4.90 Å². The van der Waals surface area contributed by atoms with Gasteiger partial charge in [0.25, 0.3) is 0 Å². The molecular weight excluding hydrogens is 295 g/mol. The number of β-amino-alcohol motifs (C(OH)–C–C–N with tert-alkyl or cyclic N) is 1. The average molecular weight is 306 g/mol. The van der Waals surface area contributed by atoms with Crippen molar-refractivity contribution in [1.29, 1.82) is 0 Å². The molecular formula is C10H10BrClN2O2. The lowest BCUT2D eigenvalue weighted by Crippen LogP contribution is -2.25. The summed E-state index contributed by atoms with van der Waals surface area (Å²) in [7, 11) is 0. The van der Waals surface area contributed by atoms with Crippen molar-refractivity contribution < 1.29 is 9.90 Å². The molecule has 0 bridgehead atoms. The second kappa shape index (κ2) is 4.31. The second-order valence-electron chi connectivity index (χ2n) is 3.73. The highest BCUT2D eigenvalue weighted by atomic mass is 79.9. The van der Waals surface area contributed by atoms with Crippen LogP contribution in [0.3, 0.4) is 0 Å². The van der Waals surface area contributed by atoms with Crippen LogP contribution in [0.5, 0.6) is 0 Å². The Bertz CT molecular complexity index is 453. The van der Waals surface area contributed by atoms with Gasteiger partial charge in [0, 0.05) is 4.47 Å². The largest absolute Gasteiger partial charge is 0.391 e. The van der Waals surface area contributed by atoms with E-state index in [0.717, 1.165) is 10.2 Å². The number of aliphatic hydroxyl groups excluding tert-OH is 1. The molecule has 0 saturated carbocycles. The maximum atomic E-state index is 11.6. The zero-order valence-electron chi connectivity index (χ0n) is 8.57. The molecule has 6 heteroatoms. The van der Waals surface area contributed by atoms with Crippen molar-refractivity contribution in [2.24, 2.45) is 0 Å². The van der Waals surface area contributed by atoms with Crippen LogP contribution in [0, 0.1) is 6.92 Å². The number of carbonyl (C=O) groups is 1. The zero-order valence-corrected chi connectivity index (χ0v) is 10.9. The predicted molar refractivity (Wildman–Crippen MR) is 64.7 cm³/mol. The number of rotatable bonds is 1. The number of aryl methyl sites for hydroxylation is 1. The van der Waals surface area contributed by atoms with Gasteiger partial charge in [-0.05, 0) is 28.9 Å². The molecule has 0 aromatic carbocycles. The number of amides is 1. The molecule has 4 nitrogen and oxygen atoms in total. The summed E-state index contributed by atoms with van der Waals surface area (Å²) in [5.74, 6) is -0.132. The Balaban J connectivity index is 2.41. The Morgan fingerprint density at radius 1 is 1.69 bits per heavy atom. The third-order valence-electron chi connectivity index (χ3n) is 2.48. The van der Waals surface area contributed by atoms with E-state index in [2.05, 4.69) is 20.9 Å². The molecule has 1 fully saturated rings. The van der Waals surface area contributed by atoms with Crippen LogP contribution in [0.25, 0.3) is 0 Å². The van der Waals surface area contributed by atoms with Crippen LogP contribution in [0.4, 0.5) is 5.69 Å². The number of carbonyl (C=O) groups excluding carboxylic acids is 1. The molecule has 86 valence electrons. The SMILES string of the molecule is Cc1nc(Cl)c(N2CC(O)CC2=O)cc1Br. The van der Waals surface area contributed by atoms with Gasteiger partial charge in [-0.3, -0.25) is 4.79 Å².